The van der Waals surface area contributed by atoms with Crippen molar-refractivity contribution in [1.82, 2.24) is 20.5 Å². The lowest BCUT2D eigenvalue weighted by atomic mass is 10.0. The number of carboxylic acids is 1. The van der Waals surface area contributed by atoms with Crippen LogP contribution in [0.25, 0.3) is 22.0 Å². The van der Waals surface area contributed by atoms with Gasteiger partial charge in [0.15, 0.2) is 0 Å². The summed E-state index contributed by atoms with van der Waals surface area (Å²) in [4.78, 5) is 25.6. The number of hydrogen-bond acceptors (Lipinski definition) is 5. The minimum atomic E-state index is -5.08. The lowest BCUT2D eigenvalue weighted by Crippen LogP contribution is -2.28. The summed E-state index contributed by atoms with van der Waals surface area (Å²) in [6.07, 6.45) is -0.938. The largest absolute Gasteiger partial charge is 0.490 e. The highest BCUT2D eigenvalue weighted by molar-refractivity contribution is 6.30. The molecule has 2 heterocycles. The smallest absolute Gasteiger partial charge is 0.475 e. The van der Waals surface area contributed by atoms with Crippen LogP contribution < -0.4 is 5.32 Å². The summed E-state index contributed by atoms with van der Waals surface area (Å²) in [5.74, 6) is -3.06. The first-order chi connectivity index (χ1) is 16.5. The van der Waals surface area contributed by atoms with Crippen molar-refractivity contribution in [3.63, 3.8) is 0 Å². The number of pyridine rings is 1. The number of aliphatic hydroxyl groups is 1. The number of aromatic nitrogens is 3. The van der Waals surface area contributed by atoms with Gasteiger partial charge in [-0.25, -0.2) is 4.79 Å². The highest BCUT2D eigenvalue weighted by Crippen LogP contribution is 2.23. The molecule has 2 aromatic heterocycles. The van der Waals surface area contributed by atoms with Gasteiger partial charge < -0.3 is 15.5 Å². The average Bonchev–Trinajstić information content (AvgIpc) is 3.30. The summed E-state index contributed by atoms with van der Waals surface area (Å²) < 4.78 is 31.7. The monoisotopic (exact) mass is 506 g/mol. The number of aliphatic hydroxyl groups excluding tert-OH is 1. The predicted octanol–water partition coefficient (Wildman–Crippen LogP) is 4.38. The van der Waals surface area contributed by atoms with Crippen LogP contribution in [0, 0.1) is 0 Å². The van der Waals surface area contributed by atoms with E-state index in [-0.39, 0.29) is 12.5 Å². The Morgan fingerprint density at radius 2 is 1.71 bits per heavy atom. The van der Waals surface area contributed by atoms with Gasteiger partial charge in [-0.05, 0) is 41.5 Å². The van der Waals surface area contributed by atoms with E-state index in [9.17, 15) is 23.1 Å². The van der Waals surface area contributed by atoms with Crippen LogP contribution in [-0.2, 0) is 4.79 Å². The fourth-order valence-corrected chi connectivity index (χ4v) is 3.06. The van der Waals surface area contributed by atoms with Crippen molar-refractivity contribution in [2.45, 2.75) is 12.3 Å². The summed E-state index contributed by atoms with van der Waals surface area (Å²) in [6, 6.07) is 14.5. The van der Waals surface area contributed by atoms with Gasteiger partial charge in [0, 0.05) is 34.9 Å². The van der Waals surface area contributed by atoms with Crippen LogP contribution >= 0.6 is 11.6 Å². The topological polar surface area (TPSA) is 128 Å². The number of carboxylic acid groups (broad SMARTS) is 1. The highest BCUT2D eigenvalue weighted by Gasteiger charge is 2.38. The molecule has 1 amide bonds. The number of aromatic amines is 1. The number of benzene rings is 2. The molecule has 0 radical (unpaired) electrons. The maximum atomic E-state index is 12.5. The summed E-state index contributed by atoms with van der Waals surface area (Å²) in [6.45, 7) is 0.0890. The van der Waals surface area contributed by atoms with Crippen LogP contribution in [0.1, 0.15) is 22.0 Å². The van der Waals surface area contributed by atoms with Crippen molar-refractivity contribution in [2.75, 3.05) is 6.54 Å². The molecule has 0 saturated carbocycles. The van der Waals surface area contributed by atoms with E-state index in [4.69, 9.17) is 21.5 Å². The van der Waals surface area contributed by atoms with E-state index in [1.54, 1.807) is 42.7 Å². The Morgan fingerprint density at radius 3 is 2.37 bits per heavy atom. The Balaban J connectivity index is 0.000000429. The van der Waals surface area contributed by atoms with E-state index >= 15 is 0 Å². The molecule has 1 unspecified atom stereocenters. The third kappa shape index (κ3) is 7.01. The van der Waals surface area contributed by atoms with E-state index < -0.39 is 18.2 Å². The Bertz CT molecular complexity index is 1330. The number of H-pyrrole nitrogens is 1. The van der Waals surface area contributed by atoms with E-state index in [0.29, 0.717) is 16.1 Å². The maximum absolute atomic E-state index is 12.5. The van der Waals surface area contributed by atoms with E-state index in [2.05, 4.69) is 20.5 Å². The Labute approximate surface area is 201 Å². The van der Waals surface area contributed by atoms with Crippen molar-refractivity contribution in [3.05, 3.63) is 83.3 Å². The predicted molar refractivity (Wildman–Crippen MR) is 122 cm³/mol. The quantitative estimate of drug-likeness (QED) is 0.318. The van der Waals surface area contributed by atoms with Gasteiger partial charge in [0.2, 0.25) is 0 Å². The molecule has 4 aromatic rings. The Kier molecular flexibility index (Phi) is 8.05. The zero-order chi connectivity index (χ0) is 25.6. The second kappa shape index (κ2) is 11.0. The molecule has 182 valence electrons. The molecule has 0 spiro atoms. The first kappa shape index (κ1) is 25.7. The Morgan fingerprint density at radius 1 is 1.03 bits per heavy atom. The van der Waals surface area contributed by atoms with Crippen molar-refractivity contribution < 1.29 is 33.0 Å². The van der Waals surface area contributed by atoms with Crippen molar-refractivity contribution in [3.8, 4) is 11.1 Å². The normalized spacial score (nSPS) is 11.9. The highest BCUT2D eigenvalue weighted by atomic mass is 35.5. The summed E-state index contributed by atoms with van der Waals surface area (Å²) in [5.41, 5.74) is 3.83. The van der Waals surface area contributed by atoms with Gasteiger partial charge in [0.05, 0.1) is 23.4 Å². The molecular weight excluding hydrogens is 489 g/mol. The standard InChI is InChI=1S/C21H17ClN4O2.C2HF3O2/c22-18-4-1-13(2-5-18)20(27)12-24-21(28)17-8-15(9-23-10-17)14-3-6-19-16(7-14)11-25-26-19;3-2(4,5)1(6)7/h1-11,20,27H,12H2,(H,24,28)(H,25,26);(H,6,7). The van der Waals surface area contributed by atoms with Crippen LogP contribution in [0.15, 0.2) is 67.1 Å². The van der Waals surface area contributed by atoms with Gasteiger partial charge in [0.1, 0.15) is 0 Å². The number of alkyl halides is 3. The summed E-state index contributed by atoms with van der Waals surface area (Å²) in [5, 5.41) is 28.6. The lowest BCUT2D eigenvalue weighted by molar-refractivity contribution is -0.192. The van der Waals surface area contributed by atoms with Crippen LogP contribution in [0.4, 0.5) is 13.2 Å². The van der Waals surface area contributed by atoms with E-state index in [1.165, 1.54) is 6.20 Å². The molecule has 8 nitrogen and oxygen atoms in total. The van der Waals surface area contributed by atoms with Crippen LogP contribution in [0.3, 0.4) is 0 Å². The lowest BCUT2D eigenvalue weighted by Gasteiger charge is -2.12. The van der Waals surface area contributed by atoms with Crippen LogP contribution in [0.5, 0.6) is 0 Å². The summed E-state index contributed by atoms with van der Waals surface area (Å²) >= 11 is 5.85. The molecular formula is C23H18ClF3N4O4. The number of rotatable bonds is 5. The van der Waals surface area contributed by atoms with Gasteiger partial charge in [-0.2, -0.15) is 18.3 Å². The van der Waals surface area contributed by atoms with Crippen molar-refractivity contribution in [1.29, 1.82) is 0 Å². The minimum Gasteiger partial charge on any atom is -0.475 e. The second-order valence-electron chi connectivity index (χ2n) is 7.21. The molecule has 35 heavy (non-hydrogen) atoms. The van der Waals surface area contributed by atoms with Gasteiger partial charge >= 0.3 is 12.1 Å². The van der Waals surface area contributed by atoms with Gasteiger partial charge in [-0.15, -0.1) is 0 Å². The number of nitrogens with zero attached hydrogens (tertiary/aromatic N) is 2. The molecule has 12 heteroatoms. The molecule has 0 bridgehead atoms. The van der Waals surface area contributed by atoms with Gasteiger partial charge in [0.25, 0.3) is 5.91 Å². The van der Waals surface area contributed by atoms with E-state index in [1.807, 2.05) is 18.2 Å². The molecule has 0 fully saturated rings. The number of carbonyl (C=O) groups excluding carboxylic acids is 1. The fourth-order valence-electron chi connectivity index (χ4n) is 2.94. The second-order valence-corrected chi connectivity index (χ2v) is 7.65. The van der Waals surface area contributed by atoms with Crippen molar-refractivity contribution >= 4 is 34.4 Å². The molecule has 0 aliphatic rings. The van der Waals surface area contributed by atoms with Crippen molar-refractivity contribution in [2.24, 2.45) is 0 Å². The average molecular weight is 507 g/mol. The number of amides is 1. The van der Waals surface area contributed by atoms with E-state index in [0.717, 1.165) is 22.0 Å². The zero-order valence-corrected chi connectivity index (χ0v) is 18.5. The molecule has 0 aliphatic carbocycles. The number of aliphatic carboxylic acids is 1. The molecule has 0 aliphatic heterocycles. The molecule has 1 atom stereocenters. The number of hydrogen-bond donors (Lipinski definition) is 4. The molecule has 4 rings (SSSR count). The SMILES string of the molecule is O=C(NCC(O)c1ccc(Cl)cc1)c1cncc(-c2ccc3[nH]ncc3c2)c1.O=C(O)C(F)(F)F. The summed E-state index contributed by atoms with van der Waals surface area (Å²) in [7, 11) is 0. The fraction of sp³-hybridized carbons (Fsp3) is 0.130. The number of carbonyl (C=O) groups is 2. The number of halogens is 4. The number of nitrogens with one attached hydrogen (secondary N) is 2. The molecule has 0 saturated heterocycles. The zero-order valence-electron chi connectivity index (χ0n) is 17.8. The first-order valence-corrected chi connectivity index (χ1v) is 10.3. The third-order valence-corrected chi connectivity index (χ3v) is 4.98. The Hall–Kier alpha value is -3.96. The maximum Gasteiger partial charge on any atom is 0.490 e. The van der Waals surface area contributed by atoms with Crippen LogP contribution in [-0.4, -0.2) is 50.0 Å². The number of fused-ring (bicyclic) bond motifs is 1. The molecule has 2 aromatic carbocycles. The minimum absolute atomic E-state index is 0.0890. The van der Waals surface area contributed by atoms with Gasteiger partial charge in [-0.3, -0.25) is 14.9 Å². The van der Waals surface area contributed by atoms with Gasteiger partial charge in [-0.1, -0.05) is 29.8 Å². The third-order valence-electron chi connectivity index (χ3n) is 4.73. The van der Waals surface area contributed by atoms with Crippen LogP contribution in [0.2, 0.25) is 5.02 Å². The molecule has 4 N–H and O–H groups in total. The first-order valence-electron chi connectivity index (χ1n) is 9.95.